The van der Waals surface area contributed by atoms with Crippen LogP contribution in [0.1, 0.15) is 108 Å². The molecule has 4 fully saturated rings. The summed E-state index contributed by atoms with van der Waals surface area (Å²) in [6.07, 6.45) is 3.61. The maximum atomic E-state index is 14.4. The number of carbonyl (C=O) groups excluding carboxylic acids is 7. The van der Waals surface area contributed by atoms with E-state index in [4.69, 9.17) is 5.73 Å². The molecule has 2 aliphatic heterocycles. The summed E-state index contributed by atoms with van der Waals surface area (Å²) in [4.78, 5) is 95.2. The van der Waals surface area contributed by atoms with Gasteiger partial charge >= 0.3 is 6.03 Å². The topological polar surface area (TPSA) is 188 Å². The first-order valence-electron chi connectivity index (χ1n) is 17.7. The van der Waals surface area contributed by atoms with E-state index in [0.717, 1.165) is 19.3 Å². The second-order valence-electron chi connectivity index (χ2n) is 18.5. The van der Waals surface area contributed by atoms with Gasteiger partial charge in [0.15, 0.2) is 0 Å². The highest BCUT2D eigenvalue weighted by Gasteiger charge is 2.70. The van der Waals surface area contributed by atoms with Crippen molar-refractivity contribution in [3.05, 3.63) is 0 Å². The molecular weight excluding hydrogens is 628 g/mol. The number of ketones is 1. The molecule has 0 aromatic carbocycles. The molecule has 13 heteroatoms. The molecule has 13 nitrogen and oxygen atoms in total. The number of nitrogens with one attached hydrogen (secondary N) is 3. The van der Waals surface area contributed by atoms with E-state index < -0.39 is 69.9 Å². The van der Waals surface area contributed by atoms with Gasteiger partial charge < -0.3 is 26.6 Å². The molecule has 6 atom stereocenters. The van der Waals surface area contributed by atoms with E-state index in [9.17, 15) is 33.6 Å². The number of hydrogen-bond acceptors (Lipinski definition) is 7. The monoisotopic (exact) mass is 686 g/mol. The van der Waals surface area contributed by atoms with Gasteiger partial charge in [0.1, 0.15) is 12.1 Å². The third-order valence-electron chi connectivity index (χ3n) is 11.4. The highest BCUT2D eigenvalue weighted by atomic mass is 16.2. The van der Waals surface area contributed by atoms with Crippen molar-refractivity contribution in [1.82, 2.24) is 25.8 Å². The summed E-state index contributed by atoms with van der Waals surface area (Å²) in [6, 6.07) is -4.25. The van der Waals surface area contributed by atoms with Gasteiger partial charge in [-0.2, -0.15) is 0 Å². The fourth-order valence-corrected chi connectivity index (χ4v) is 7.81. The van der Waals surface area contributed by atoms with Gasteiger partial charge in [0.25, 0.3) is 5.91 Å². The van der Waals surface area contributed by atoms with Crippen molar-refractivity contribution in [1.29, 1.82) is 0 Å². The van der Waals surface area contributed by atoms with E-state index in [1.54, 1.807) is 0 Å². The van der Waals surface area contributed by atoms with E-state index in [0.29, 0.717) is 13.0 Å². The molecule has 274 valence electrons. The molecule has 0 aromatic heterocycles. The predicted molar refractivity (Wildman–Crippen MR) is 182 cm³/mol. The molecule has 2 saturated carbocycles. The Kier molecular flexibility index (Phi) is 10.4. The number of nitrogens with zero attached hydrogens (tertiary/aromatic N) is 2. The van der Waals surface area contributed by atoms with Crippen LogP contribution in [0.15, 0.2) is 0 Å². The van der Waals surface area contributed by atoms with Gasteiger partial charge in [-0.3, -0.25) is 33.7 Å². The van der Waals surface area contributed by atoms with Crippen LogP contribution in [0.2, 0.25) is 0 Å². The van der Waals surface area contributed by atoms with Gasteiger partial charge in [0, 0.05) is 25.9 Å². The van der Waals surface area contributed by atoms with Gasteiger partial charge in [0.05, 0.1) is 12.1 Å². The van der Waals surface area contributed by atoms with Crippen LogP contribution < -0.4 is 21.7 Å². The number of urea groups is 1. The second kappa shape index (κ2) is 13.3. The Bertz CT molecular complexity index is 1370. The van der Waals surface area contributed by atoms with Gasteiger partial charge in [-0.25, -0.2) is 4.79 Å². The number of primary amides is 1. The Labute approximate surface area is 290 Å². The number of nitrogens with two attached hydrogens (primary N) is 1. The Morgan fingerprint density at radius 1 is 0.878 bits per heavy atom. The molecule has 0 bridgehead atoms. The van der Waals surface area contributed by atoms with Crippen LogP contribution >= 0.6 is 0 Å². The van der Waals surface area contributed by atoms with Crippen molar-refractivity contribution in [3.63, 3.8) is 0 Å². The quantitative estimate of drug-likeness (QED) is 0.190. The van der Waals surface area contributed by atoms with E-state index in [-0.39, 0.29) is 54.4 Å². The van der Waals surface area contributed by atoms with Crippen LogP contribution in [0, 0.1) is 39.4 Å². The summed E-state index contributed by atoms with van der Waals surface area (Å²) >= 11 is 0. The number of likely N-dealkylation sites (tertiary alicyclic amines) is 2. The minimum absolute atomic E-state index is 0.00232. The molecule has 4 rings (SSSR count). The van der Waals surface area contributed by atoms with E-state index in [1.807, 2.05) is 69.2 Å². The van der Waals surface area contributed by atoms with Gasteiger partial charge in [-0.05, 0) is 45.8 Å². The Hall–Kier alpha value is -3.51. The van der Waals surface area contributed by atoms with Crippen molar-refractivity contribution in [2.24, 2.45) is 45.1 Å². The lowest BCUT2D eigenvalue weighted by Crippen LogP contribution is -2.63. The van der Waals surface area contributed by atoms with Crippen LogP contribution in [0.3, 0.4) is 0 Å². The van der Waals surface area contributed by atoms with Gasteiger partial charge in [0.2, 0.25) is 29.4 Å². The lowest BCUT2D eigenvalue weighted by molar-refractivity contribution is -0.153. The summed E-state index contributed by atoms with van der Waals surface area (Å²) in [5.41, 5.74) is 3.38. The molecule has 5 N–H and O–H groups in total. The summed E-state index contributed by atoms with van der Waals surface area (Å²) in [6.45, 7) is 19.3. The number of amides is 7. The average Bonchev–Trinajstić information content (AvgIpc) is 3.23. The Balaban J connectivity index is 1.52. The highest BCUT2D eigenvalue weighted by molar-refractivity contribution is 6.37. The molecule has 2 saturated heterocycles. The van der Waals surface area contributed by atoms with Crippen LogP contribution in [-0.4, -0.2) is 88.4 Å². The highest BCUT2D eigenvalue weighted by Crippen LogP contribution is 2.65. The maximum Gasteiger partial charge on any atom is 0.315 e. The summed E-state index contributed by atoms with van der Waals surface area (Å²) in [7, 11) is 0. The number of carbonyl (C=O) groups is 7. The maximum absolute atomic E-state index is 14.4. The second-order valence-corrected chi connectivity index (χ2v) is 18.5. The van der Waals surface area contributed by atoms with Gasteiger partial charge in [-0.1, -0.05) is 88.5 Å². The Morgan fingerprint density at radius 2 is 1.45 bits per heavy atom. The third kappa shape index (κ3) is 8.28. The normalized spacial score (nSPS) is 26.5. The SMILES string of the molecule is CC1(C)CC(=O)N(C[C@@H](NC(=O)N[C@H](C(=O)N2C[C@H]3[C@@H]([C@H]2C(=O)NC(CC2CCC2)C(=O)C(N)=O)C3(C)C)C(C)(C)C)C(C)(C)C)C(=O)C1. The number of hydrogen-bond donors (Lipinski definition) is 4. The molecule has 1 unspecified atom stereocenters. The van der Waals surface area contributed by atoms with Crippen LogP contribution in [0.4, 0.5) is 4.79 Å². The molecule has 2 heterocycles. The molecule has 4 aliphatic rings. The van der Waals surface area contributed by atoms with E-state index >= 15 is 0 Å². The van der Waals surface area contributed by atoms with Crippen LogP contribution in [0.25, 0.3) is 0 Å². The summed E-state index contributed by atoms with van der Waals surface area (Å²) in [5, 5.41) is 8.58. The fourth-order valence-electron chi connectivity index (χ4n) is 7.81. The predicted octanol–water partition coefficient (Wildman–Crippen LogP) is 2.50. The number of Topliss-reactive ketones (excluding diaryl/α,β-unsaturated/α-hetero) is 1. The summed E-state index contributed by atoms with van der Waals surface area (Å²) < 4.78 is 0. The van der Waals surface area contributed by atoms with Crippen LogP contribution in [0.5, 0.6) is 0 Å². The number of fused-ring (bicyclic) bond motifs is 1. The lowest BCUT2D eigenvalue weighted by atomic mass is 9.80. The first-order valence-corrected chi connectivity index (χ1v) is 17.7. The molecular formula is C36H58N6O7. The first kappa shape index (κ1) is 38.3. The minimum atomic E-state index is -1.11. The fraction of sp³-hybridized carbons (Fsp3) is 0.806. The number of rotatable bonds is 11. The standard InChI is InChI=1S/C36H58N6O7/c1-33(2,3)22(18-41-23(43)15-35(7,8)16-24(41)44)39-32(49)40-28(34(4,5)6)31(48)42-17-20-25(36(20,9)10)26(42)30(47)38-21(27(45)29(37)46)14-19-12-11-13-19/h19-22,25-26,28H,11-18H2,1-10H3,(H2,37,46)(H,38,47)(H2,39,40,49)/t20-,21?,22+,25-,26-,28+/m0/s1. The number of imide groups is 1. The van der Waals surface area contributed by atoms with E-state index in [2.05, 4.69) is 16.0 Å². The average molecular weight is 687 g/mol. The van der Waals surface area contributed by atoms with Crippen molar-refractivity contribution in [2.45, 2.75) is 132 Å². The molecule has 49 heavy (non-hydrogen) atoms. The summed E-state index contributed by atoms with van der Waals surface area (Å²) in [5.74, 6) is -3.36. The smallest absolute Gasteiger partial charge is 0.315 e. The largest absolute Gasteiger partial charge is 0.363 e. The van der Waals surface area contributed by atoms with Gasteiger partial charge in [-0.15, -0.1) is 0 Å². The zero-order valence-corrected chi connectivity index (χ0v) is 31.0. The number of piperidine rings is 2. The molecule has 7 amide bonds. The zero-order chi connectivity index (χ0) is 37.0. The lowest BCUT2D eigenvalue weighted by Gasteiger charge is -2.41. The first-order chi connectivity index (χ1) is 22.3. The molecule has 0 spiro atoms. The molecule has 2 aliphatic carbocycles. The van der Waals surface area contributed by atoms with Crippen LogP contribution in [-0.2, 0) is 28.8 Å². The molecule has 0 radical (unpaired) electrons. The van der Waals surface area contributed by atoms with Crippen molar-refractivity contribution in [3.8, 4) is 0 Å². The van der Waals surface area contributed by atoms with Crippen molar-refractivity contribution >= 4 is 41.4 Å². The Morgan fingerprint density at radius 3 is 1.92 bits per heavy atom. The zero-order valence-electron chi connectivity index (χ0n) is 31.0. The van der Waals surface area contributed by atoms with E-state index in [1.165, 1.54) is 9.80 Å². The van der Waals surface area contributed by atoms with Crippen molar-refractivity contribution < 1.29 is 33.6 Å². The third-order valence-corrected chi connectivity index (χ3v) is 11.4. The van der Waals surface area contributed by atoms with Crippen molar-refractivity contribution in [2.75, 3.05) is 13.1 Å². The minimum Gasteiger partial charge on any atom is -0.363 e. The molecule has 0 aromatic rings.